The van der Waals surface area contributed by atoms with Gasteiger partial charge in [0, 0.05) is 32.4 Å². The van der Waals surface area contributed by atoms with Gasteiger partial charge in [0.05, 0.1) is 11.8 Å². The van der Waals surface area contributed by atoms with Crippen LogP contribution < -0.4 is 0 Å². The normalized spacial score (nSPS) is 30.2. The van der Waals surface area contributed by atoms with Crippen LogP contribution in [0.1, 0.15) is 18.5 Å². The third kappa shape index (κ3) is 2.42. The first-order valence-electron chi connectivity index (χ1n) is 6.76. The largest absolute Gasteiger partial charge is 0.393 e. The zero-order valence-corrected chi connectivity index (χ0v) is 11.1. The molecule has 2 aliphatic rings. The molecule has 3 atom stereocenters. The summed E-state index contributed by atoms with van der Waals surface area (Å²) in [4.78, 5) is 14.0. The molecular weight excluding hydrogens is 242 g/mol. The molecule has 0 spiro atoms. The molecule has 0 bridgehead atoms. The van der Waals surface area contributed by atoms with Gasteiger partial charge in [-0.05, 0) is 36.8 Å². The number of nitrogens with zero attached hydrogens (tertiary/aromatic N) is 3. The van der Waals surface area contributed by atoms with Crippen molar-refractivity contribution in [2.75, 3.05) is 13.1 Å². The molecule has 1 aliphatic carbocycles. The van der Waals surface area contributed by atoms with E-state index in [0.29, 0.717) is 11.8 Å². The van der Waals surface area contributed by atoms with Gasteiger partial charge in [-0.25, -0.2) is 0 Å². The first-order valence-corrected chi connectivity index (χ1v) is 6.76. The topological polar surface area (TPSA) is 58.4 Å². The van der Waals surface area contributed by atoms with Crippen LogP contribution in [0, 0.1) is 11.8 Å². The van der Waals surface area contributed by atoms with E-state index in [1.54, 1.807) is 23.0 Å². The molecule has 5 heteroatoms. The van der Waals surface area contributed by atoms with Gasteiger partial charge in [0.15, 0.2) is 0 Å². The predicted octanol–water partition coefficient (Wildman–Crippen LogP) is 0.663. The average Bonchev–Trinajstić information content (AvgIpc) is 3.00. The molecule has 1 aromatic heterocycles. The molecule has 1 amide bonds. The minimum absolute atomic E-state index is 0.0603. The highest BCUT2D eigenvalue weighted by Crippen LogP contribution is 2.37. The second-order valence-electron chi connectivity index (χ2n) is 5.60. The molecule has 1 N–H and O–H groups in total. The standard InChI is InChI=1S/C14H19N3O2/c1-16-12(4-5-15-16)2-3-14(19)17-8-10-6-13(18)7-11(10)9-17/h2-5,10-11,13,18H,6-9H2,1H3/b3-2+/t10-,11+,13?. The van der Waals surface area contributed by atoms with Gasteiger partial charge >= 0.3 is 0 Å². The number of aliphatic hydroxyl groups excluding tert-OH is 1. The van der Waals surface area contributed by atoms with Gasteiger partial charge in [-0.3, -0.25) is 9.48 Å². The zero-order valence-electron chi connectivity index (χ0n) is 11.1. The highest BCUT2D eigenvalue weighted by atomic mass is 16.3. The molecular formula is C14H19N3O2. The van der Waals surface area contributed by atoms with E-state index >= 15 is 0 Å². The zero-order chi connectivity index (χ0) is 13.4. The molecule has 3 rings (SSSR count). The maximum absolute atomic E-state index is 12.1. The molecule has 1 unspecified atom stereocenters. The van der Waals surface area contributed by atoms with Crippen molar-refractivity contribution in [2.24, 2.45) is 18.9 Å². The summed E-state index contributed by atoms with van der Waals surface area (Å²) in [5, 5.41) is 13.7. The van der Waals surface area contributed by atoms with Crippen LogP contribution in [0.25, 0.3) is 6.08 Å². The monoisotopic (exact) mass is 261 g/mol. The SMILES string of the molecule is Cn1nccc1/C=C/C(=O)N1C[C@H]2CC(O)C[C@H]2C1. The van der Waals surface area contributed by atoms with Gasteiger partial charge in [-0.2, -0.15) is 5.10 Å². The number of carbonyl (C=O) groups excluding carboxylic acids is 1. The van der Waals surface area contributed by atoms with Crippen molar-refractivity contribution in [3.8, 4) is 0 Å². The molecule has 2 heterocycles. The Labute approximate surface area is 112 Å². The fraction of sp³-hybridized carbons (Fsp3) is 0.571. The fourth-order valence-corrected chi connectivity index (χ4v) is 3.26. The minimum atomic E-state index is -0.155. The second-order valence-corrected chi connectivity index (χ2v) is 5.60. The summed E-state index contributed by atoms with van der Waals surface area (Å²) in [5.74, 6) is 1.04. The van der Waals surface area contributed by atoms with Gasteiger partial charge in [0.2, 0.25) is 5.91 Å². The summed E-state index contributed by atoms with van der Waals surface area (Å²) in [7, 11) is 1.85. The van der Waals surface area contributed by atoms with Crippen molar-refractivity contribution in [1.29, 1.82) is 0 Å². The lowest BCUT2D eigenvalue weighted by Crippen LogP contribution is -2.28. The Balaban J connectivity index is 1.61. The van der Waals surface area contributed by atoms with Crippen LogP contribution in [0.2, 0.25) is 0 Å². The Morgan fingerprint density at radius 2 is 2.11 bits per heavy atom. The summed E-state index contributed by atoms with van der Waals surface area (Å²) in [6.07, 6.45) is 6.68. The number of aliphatic hydroxyl groups is 1. The van der Waals surface area contributed by atoms with Crippen molar-refractivity contribution in [1.82, 2.24) is 14.7 Å². The van der Waals surface area contributed by atoms with E-state index in [4.69, 9.17) is 0 Å². The molecule has 2 fully saturated rings. The lowest BCUT2D eigenvalue weighted by molar-refractivity contribution is -0.125. The average molecular weight is 261 g/mol. The molecule has 1 saturated carbocycles. The van der Waals surface area contributed by atoms with Crippen LogP contribution in [0.3, 0.4) is 0 Å². The van der Waals surface area contributed by atoms with E-state index in [-0.39, 0.29) is 12.0 Å². The number of amides is 1. The summed E-state index contributed by atoms with van der Waals surface area (Å²) >= 11 is 0. The molecule has 1 saturated heterocycles. The predicted molar refractivity (Wildman–Crippen MR) is 71.0 cm³/mol. The van der Waals surface area contributed by atoms with E-state index in [1.165, 1.54) is 0 Å². The number of carbonyl (C=O) groups is 1. The Kier molecular flexibility index (Phi) is 3.14. The maximum atomic E-state index is 12.1. The Morgan fingerprint density at radius 3 is 2.68 bits per heavy atom. The third-order valence-electron chi connectivity index (χ3n) is 4.29. The number of aromatic nitrogens is 2. The summed E-state index contributed by atoms with van der Waals surface area (Å²) in [6.45, 7) is 1.58. The van der Waals surface area contributed by atoms with E-state index < -0.39 is 0 Å². The van der Waals surface area contributed by atoms with E-state index in [2.05, 4.69) is 5.10 Å². The minimum Gasteiger partial charge on any atom is -0.393 e. The molecule has 0 aromatic carbocycles. The number of hydrogen-bond acceptors (Lipinski definition) is 3. The highest BCUT2D eigenvalue weighted by molar-refractivity contribution is 5.91. The van der Waals surface area contributed by atoms with Crippen LogP contribution in [0.4, 0.5) is 0 Å². The Morgan fingerprint density at radius 1 is 1.42 bits per heavy atom. The first kappa shape index (κ1) is 12.4. The maximum Gasteiger partial charge on any atom is 0.246 e. The van der Waals surface area contributed by atoms with Crippen LogP contribution in [0.5, 0.6) is 0 Å². The molecule has 102 valence electrons. The van der Waals surface area contributed by atoms with Crippen LogP contribution in [-0.4, -0.2) is 44.9 Å². The Bertz CT molecular complexity index is 495. The van der Waals surface area contributed by atoms with E-state index in [9.17, 15) is 9.90 Å². The van der Waals surface area contributed by atoms with Crippen molar-refractivity contribution in [2.45, 2.75) is 18.9 Å². The van der Waals surface area contributed by atoms with E-state index in [0.717, 1.165) is 31.6 Å². The fourth-order valence-electron chi connectivity index (χ4n) is 3.26. The molecule has 5 nitrogen and oxygen atoms in total. The van der Waals surface area contributed by atoms with Crippen molar-refractivity contribution >= 4 is 12.0 Å². The van der Waals surface area contributed by atoms with Crippen LogP contribution >= 0.6 is 0 Å². The smallest absolute Gasteiger partial charge is 0.246 e. The third-order valence-corrected chi connectivity index (χ3v) is 4.29. The molecule has 1 aromatic rings. The van der Waals surface area contributed by atoms with Gasteiger partial charge in [0.25, 0.3) is 0 Å². The van der Waals surface area contributed by atoms with Crippen LogP contribution in [0.15, 0.2) is 18.3 Å². The first-order chi connectivity index (χ1) is 9.13. The highest BCUT2D eigenvalue weighted by Gasteiger charge is 2.41. The van der Waals surface area contributed by atoms with Crippen molar-refractivity contribution in [3.63, 3.8) is 0 Å². The quantitative estimate of drug-likeness (QED) is 0.796. The number of hydrogen-bond donors (Lipinski definition) is 1. The van der Waals surface area contributed by atoms with Gasteiger partial charge < -0.3 is 10.0 Å². The van der Waals surface area contributed by atoms with E-state index in [1.807, 2.05) is 18.0 Å². The summed E-state index contributed by atoms with van der Waals surface area (Å²) in [6, 6.07) is 1.87. The van der Waals surface area contributed by atoms with Gasteiger partial charge in [-0.1, -0.05) is 0 Å². The summed E-state index contributed by atoms with van der Waals surface area (Å²) < 4.78 is 1.73. The molecule has 0 radical (unpaired) electrons. The van der Waals surface area contributed by atoms with Gasteiger partial charge in [-0.15, -0.1) is 0 Å². The second kappa shape index (κ2) is 4.81. The number of aryl methyl sites for hydroxylation is 1. The lowest BCUT2D eigenvalue weighted by Gasteiger charge is -2.15. The molecule has 19 heavy (non-hydrogen) atoms. The Hall–Kier alpha value is -1.62. The lowest BCUT2D eigenvalue weighted by atomic mass is 10.0. The van der Waals surface area contributed by atoms with Crippen molar-refractivity contribution < 1.29 is 9.90 Å². The van der Waals surface area contributed by atoms with Crippen LogP contribution in [-0.2, 0) is 11.8 Å². The summed E-state index contributed by atoms with van der Waals surface area (Å²) in [5.41, 5.74) is 0.920. The number of rotatable bonds is 2. The number of fused-ring (bicyclic) bond motifs is 1. The van der Waals surface area contributed by atoms with Gasteiger partial charge in [0.1, 0.15) is 0 Å². The van der Waals surface area contributed by atoms with Crippen molar-refractivity contribution in [3.05, 3.63) is 24.0 Å². The molecule has 1 aliphatic heterocycles. The number of likely N-dealkylation sites (tertiary alicyclic amines) is 1.